The van der Waals surface area contributed by atoms with Crippen molar-refractivity contribution in [3.63, 3.8) is 0 Å². The number of carbonyl (C=O) groups is 1. The molecule has 1 aliphatic rings. The summed E-state index contributed by atoms with van der Waals surface area (Å²) in [6.07, 6.45) is 4.44. The summed E-state index contributed by atoms with van der Waals surface area (Å²) in [5.74, 6) is -0.0336. The fraction of sp³-hybridized carbons (Fsp3) is 0.429. The molecule has 2 aromatic rings. The van der Waals surface area contributed by atoms with Gasteiger partial charge in [0.05, 0.1) is 4.90 Å². The van der Waals surface area contributed by atoms with Crippen molar-refractivity contribution in [2.45, 2.75) is 50.5 Å². The van der Waals surface area contributed by atoms with E-state index in [0.29, 0.717) is 36.3 Å². The second-order valence-corrected chi connectivity index (χ2v) is 9.24. The third-order valence-corrected chi connectivity index (χ3v) is 6.66. The Morgan fingerprint density at radius 1 is 1.07 bits per heavy atom. The summed E-state index contributed by atoms with van der Waals surface area (Å²) in [5, 5.41) is 0. The van der Waals surface area contributed by atoms with Crippen molar-refractivity contribution in [3.8, 4) is 0 Å². The number of benzene rings is 1. The van der Waals surface area contributed by atoms with Gasteiger partial charge in [-0.2, -0.15) is 4.31 Å². The molecule has 7 heteroatoms. The van der Waals surface area contributed by atoms with Gasteiger partial charge in [-0.1, -0.05) is 18.2 Å². The van der Waals surface area contributed by atoms with E-state index < -0.39 is 10.0 Å². The number of aromatic nitrogens is 1. The SMILES string of the molecule is CC(C)N=c1ccccn1C(=O)CCc1ccc(S(=O)(=O)N2CCCC2)cc1. The predicted molar refractivity (Wildman–Crippen MR) is 109 cm³/mol. The Bertz CT molecular complexity index is 986. The van der Waals surface area contributed by atoms with Gasteiger partial charge in [-0.15, -0.1) is 0 Å². The summed E-state index contributed by atoms with van der Waals surface area (Å²) < 4.78 is 28.3. The van der Waals surface area contributed by atoms with E-state index in [1.54, 1.807) is 35.0 Å². The maximum atomic E-state index is 12.6. The number of sulfonamides is 1. The Kier molecular flexibility index (Phi) is 6.46. The lowest BCUT2D eigenvalue weighted by atomic mass is 10.1. The fourth-order valence-electron chi connectivity index (χ4n) is 3.29. The molecule has 150 valence electrons. The highest BCUT2D eigenvalue weighted by Gasteiger charge is 2.26. The number of carbonyl (C=O) groups excluding carboxylic acids is 1. The van der Waals surface area contributed by atoms with Gasteiger partial charge >= 0.3 is 0 Å². The van der Waals surface area contributed by atoms with Crippen molar-refractivity contribution >= 4 is 15.9 Å². The van der Waals surface area contributed by atoms with Crippen molar-refractivity contribution in [2.24, 2.45) is 4.99 Å². The van der Waals surface area contributed by atoms with Gasteiger partial charge < -0.3 is 0 Å². The first-order valence-corrected chi connectivity index (χ1v) is 11.2. The minimum Gasteiger partial charge on any atom is -0.274 e. The van der Waals surface area contributed by atoms with Crippen LogP contribution in [0, 0.1) is 0 Å². The number of aryl methyl sites for hydroxylation is 1. The van der Waals surface area contributed by atoms with Crippen LogP contribution in [0.5, 0.6) is 0 Å². The normalized spacial score (nSPS) is 16.0. The Morgan fingerprint density at radius 3 is 2.39 bits per heavy atom. The first-order valence-electron chi connectivity index (χ1n) is 9.72. The van der Waals surface area contributed by atoms with Crippen molar-refractivity contribution < 1.29 is 13.2 Å². The van der Waals surface area contributed by atoms with Crippen LogP contribution in [-0.2, 0) is 16.4 Å². The minimum absolute atomic E-state index is 0.0336. The first-order chi connectivity index (χ1) is 13.4. The van der Waals surface area contributed by atoms with Gasteiger partial charge in [0.2, 0.25) is 15.9 Å². The van der Waals surface area contributed by atoms with E-state index in [-0.39, 0.29) is 11.9 Å². The average molecular weight is 402 g/mol. The molecule has 28 heavy (non-hydrogen) atoms. The molecular weight excluding hydrogens is 374 g/mol. The third kappa shape index (κ3) is 4.77. The van der Waals surface area contributed by atoms with Crippen LogP contribution in [0.3, 0.4) is 0 Å². The minimum atomic E-state index is -3.40. The molecule has 0 aliphatic carbocycles. The van der Waals surface area contributed by atoms with Gasteiger partial charge in [-0.05, 0) is 62.9 Å². The lowest BCUT2D eigenvalue weighted by Crippen LogP contribution is -2.28. The highest BCUT2D eigenvalue weighted by Crippen LogP contribution is 2.21. The van der Waals surface area contributed by atoms with E-state index in [2.05, 4.69) is 4.99 Å². The molecule has 0 radical (unpaired) electrons. The zero-order valence-electron chi connectivity index (χ0n) is 16.4. The predicted octanol–water partition coefficient (Wildman–Crippen LogP) is 2.85. The summed E-state index contributed by atoms with van der Waals surface area (Å²) >= 11 is 0. The van der Waals surface area contributed by atoms with Crippen LogP contribution in [0.4, 0.5) is 0 Å². The molecule has 0 atom stereocenters. The maximum absolute atomic E-state index is 12.6. The van der Waals surface area contributed by atoms with Crippen molar-refractivity contribution in [3.05, 3.63) is 59.7 Å². The van der Waals surface area contributed by atoms with Crippen molar-refractivity contribution in [1.29, 1.82) is 0 Å². The van der Waals surface area contributed by atoms with Gasteiger partial charge in [0.1, 0.15) is 5.49 Å². The zero-order chi connectivity index (χ0) is 20.1. The molecule has 0 spiro atoms. The fourth-order valence-corrected chi connectivity index (χ4v) is 4.81. The van der Waals surface area contributed by atoms with E-state index in [9.17, 15) is 13.2 Å². The third-order valence-electron chi connectivity index (χ3n) is 4.75. The molecular formula is C21H27N3O3S. The molecule has 0 amide bonds. The van der Waals surface area contributed by atoms with E-state index in [1.165, 1.54) is 4.31 Å². The molecule has 0 unspecified atom stereocenters. The number of rotatable bonds is 6. The van der Waals surface area contributed by atoms with Crippen LogP contribution >= 0.6 is 0 Å². The number of hydrogen-bond donors (Lipinski definition) is 0. The van der Waals surface area contributed by atoms with Crippen LogP contribution in [0.25, 0.3) is 0 Å². The summed E-state index contributed by atoms with van der Waals surface area (Å²) in [5.41, 5.74) is 1.59. The lowest BCUT2D eigenvalue weighted by Gasteiger charge is -2.15. The molecule has 6 nitrogen and oxygen atoms in total. The molecule has 0 saturated carbocycles. The van der Waals surface area contributed by atoms with Gasteiger partial charge in [0.25, 0.3) is 0 Å². The molecule has 3 rings (SSSR count). The summed E-state index contributed by atoms with van der Waals surface area (Å²) in [7, 11) is -3.40. The van der Waals surface area contributed by atoms with E-state index in [4.69, 9.17) is 0 Å². The smallest absolute Gasteiger partial charge is 0.243 e. The maximum Gasteiger partial charge on any atom is 0.243 e. The highest BCUT2D eigenvalue weighted by atomic mass is 32.2. The Hall–Kier alpha value is -2.25. The van der Waals surface area contributed by atoms with Crippen molar-refractivity contribution in [2.75, 3.05) is 13.1 Å². The number of pyridine rings is 1. The van der Waals surface area contributed by atoms with Crippen molar-refractivity contribution in [1.82, 2.24) is 8.87 Å². The quantitative estimate of drug-likeness (QED) is 0.747. The van der Waals surface area contributed by atoms with Crippen LogP contribution in [0.2, 0.25) is 0 Å². The molecule has 0 N–H and O–H groups in total. The summed E-state index contributed by atoms with van der Waals surface area (Å²) in [6.45, 7) is 5.13. The van der Waals surface area contributed by atoms with E-state index in [0.717, 1.165) is 18.4 Å². The van der Waals surface area contributed by atoms with Crippen LogP contribution in [0.15, 0.2) is 58.5 Å². The molecule has 1 saturated heterocycles. The Labute approximate surface area is 166 Å². The second-order valence-electron chi connectivity index (χ2n) is 7.30. The Balaban J connectivity index is 1.68. The van der Waals surface area contributed by atoms with Crippen LogP contribution < -0.4 is 5.49 Å². The van der Waals surface area contributed by atoms with E-state index >= 15 is 0 Å². The Morgan fingerprint density at radius 2 is 1.75 bits per heavy atom. The molecule has 1 aromatic heterocycles. The van der Waals surface area contributed by atoms with Gasteiger partial charge in [-0.25, -0.2) is 8.42 Å². The monoisotopic (exact) mass is 401 g/mol. The van der Waals surface area contributed by atoms with E-state index in [1.807, 2.05) is 32.0 Å². The highest BCUT2D eigenvalue weighted by molar-refractivity contribution is 7.89. The van der Waals surface area contributed by atoms with Crippen LogP contribution in [0.1, 0.15) is 43.5 Å². The summed E-state index contributed by atoms with van der Waals surface area (Å²) in [4.78, 5) is 17.4. The topological polar surface area (TPSA) is 71.7 Å². The number of nitrogens with zero attached hydrogens (tertiary/aromatic N) is 3. The van der Waals surface area contributed by atoms with Gasteiger partial charge in [0, 0.05) is 31.7 Å². The van der Waals surface area contributed by atoms with Crippen LogP contribution in [-0.4, -0.2) is 42.3 Å². The summed E-state index contributed by atoms with van der Waals surface area (Å²) in [6, 6.07) is 12.5. The molecule has 1 aliphatic heterocycles. The first kappa shape index (κ1) is 20.5. The van der Waals surface area contributed by atoms with Gasteiger partial charge in [-0.3, -0.25) is 14.4 Å². The molecule has 0 bridgehead atoms. The standard InChI is InChI=1S/C21H27N3O3S/c1-17(2)22-20-7-3-4-16-24(20)21(25)13-10-18-8-11-19(12-9-18)28(26,27)23-14-5-6-15-23/h3-4,7-9,11-12,16-17H,5-6,10,13-15H2,1-2H3. The molecule has 2 heterocycles. The largest absolute Gasteiger partial charge is 0.274 e. The zero-order valence-corrected chi connectivity index (χ0v) is 17.2. The average Bonchev–Trinajstić information content (AvgIpc) is 3.22. The lowest BCUT2D eigenvalue weighted by molar-refractivity contribution is 0.0897. The number of hydrogen-bond acceptors (Lipinski definition) is 4. The second kappa shape index (κ2) is 8.84. The molecule has 1 fully saturated rings. The van der Waals surface area contributed by atoms with Gasteiger partial charge in [0.15, 0.2) is 0 Å². The molecule has 1 aromatic carbocycles.